The molecule has 2 rings (SSSR count). The van der Waals surface area contributed by atoms with Crippen LogP contribution in [0.5, 0.6) is 5.88 Å². The molecule has 1 N–H and O–H groups in total. The highest BCUT2D eigenvalue weighted by Gasteiger charge is 2.15. The zero-order chi connectivity index (χ0) is 15.2. The summed E-state index contributed by atoms with van der Waals surface area (Å²) in [5.74, 6) is -2.63. The van der Waals surface area contributed by atoms with Gasteiger partial charge in [-0.2, -0.15) is 8.78 Å². The number of methoxy groups -OCH3 is 1. The number of hydrogen-bond donors (Lipinski definition) is 1. The number of ether oxygens (including phenoxy) is 1. The van der Waals surface area contributed by atoms with Gasteiger partial charge in [0.25, 0.3) is 11.7 Å². The average molecular weight is 310 g/mol. The number of anilines is 1. The first kappa shape index (κ1) is 15.2. The molecule has 110 valence electrons. The maximum atomic E-state index is 12.5. The van der Waals surface area contributed by atoms with Crippen molar-refractivity contribution in [1.82, 2.24) is 4.98 Å². The standard InChI is InChI=1S/C14H12F2N2O2S/c1-20-12-7-6-9(8-17-12)18-13(19)10-4-2-3-5-11(10)21-14(15)16/h2-8,14H,1H3,(H,18,19). The number of carbonyl (C=O) groups is 1. The largest absolute Gasteiger partial charge is 0.481 e. The maximum Gasteiger partial charge on any atom is 0.288 e. The summed E-state index contributed by atoms with van der Waals surface area (Å²) in [6, 6.07) is 9.42. The minimum Gasteiger partial charge on any atom is -0.481 e. The summed E-state index contributed by atoms with van der Waals surface area (Å²) >= 11 is 0.340. The fraction of sp³-hybridized carbons (Fsp3) is 0.143. The van der Waals surface area contributed by atoms with Gasteiger partial charge < -0.3 is 10.1 Å². The minimum atomic E-state index is -2.58. The van der Waals surface area contributed by atoms with E-state index in [-0.39, 0.29) is 10.5 Å². The van der Waals surface area contributed by atoms with Crippen LogP contribution in [0.1, 0.15) is 10.4 Å². The molecule has 1 heterocycles. The summed E-state index contributed by atoms with van der Waals surface area (Å²) in [7, 11) is 1.48. The van der Waals surface area contributed by atoms with E-state index < -0.39 is 11.7 Å². The third kappa shape index (κ3) is 4.16. The molecule has 0 fully saturated rings. The van der Waals surface area contributed by atoms with Gasteiger partial charge in [-0.05, 0) is 18.2 Å². The molecule has 0 spiro atoms. The SMILES string of the molecule is COc1ccc(NC(=O)c2ccccc2SC(F)F)cn1. The summed E-state index contributed by atoms with van der Waals surface area (Å²) < 4.78 is 29.9. The number of amides is 1. The van der Waals surface area contributed by atoms with Crippen LogP contribution in [-0.4, -0.2) is 23.8 Å². The molecule has 1 aromatic carbocycles. The number of thioether (sulfide) groups is 1. The van der Waals surface area contributed by atoms with Crippen molar-refractivity contribution in [2.45, 2.75) is 10.7 Å². The molecule has 2 aromatic rings. The van der Waals surface area contributed by atoms with Gasteiger partial charge in [0, 0.05) is 11.0 Å². The number of pyridine rings is 1. The Kier molecular flexibility index (Phi) is 5.10. The molecule has 0 saturated carbocycles. The second kappa shape index (κ2) is 7.03. The molecule has 0 aliphatic heterocycles. The molecule has 0 bridgehead atoms. The van der Waals surface area contributed by atoms with Crippen molar-refractivity contribution in [3.05, 3.63) is 48.2 Å². The summed E-state index contributed by atoms with van der Waals surface area (Å²) in [5.41, 5.74) is 0.649. The second-order valence-electron chi connectivity index (χ2n) is 3.92. The van der Waals surface area contributed by atoms with Crippen molar-refractivity contribution >= 4 is 23.4 Å². The smallest absolute Gasteiger partial charge is 0.288 e. The molecule has 0 radical (unpaired) electrons. The Morgan fingerprint density at radius 3 is 2.67 bits per heavy atom. The van der Waals surface area contributed by atoms with Gasteiger partial charge in [-0.15, -0.1) is 0 Å². The first-order chi connectivity index (χ1) is 10.1. The quantitative estimate of drug-likeness (QED) is 0.856. The van der Waals surface area contributed by atoms with E-state index in [9.17, 15) is 13.6 Å². The number of carbonyl (C=O) groups excluding carboxylic acids is 1. The Morgan fingerprint density at radius 1 is 1.29 bits per heavy atom. The van der Waals surface area contributed by atoms with Gasteiger partial charge in [-0.3, -0.25) is 4.79 Å². The summed E-state index contributed by atoms with van der Waals surface area (Å²) in [4.78, 5) is 16.3. The van der Waals surface area contributed by atoms with Gasteiger partial charge in [-0.25, -0.2) is 4.98 Å². The van der Waals surface area contributed by atoms with Gasteiger partial charge in [-0.1, -0.05) is 23.9 Å². The van der Waals surface area contributed by atoms with Gasteiger partial charge in [0.1, 0.15) is 0 Å². The number of alkyl halides is 2. The van der Waals surface area contributed by atoms with Crippen molar-refractivity contribution in [3.8, 4) is 5.88 Å². The first-order valence-electron chi connectivity index (χ1n) is 5.95. The molecule has 0 unspecified atom stereocenters. The highest BCUT2D eigenvalue weighted by atomic mass is 32.2. The highest BCUT2D eigenvalue weighted by molar-refractivity contribution is 7.99. The minimum absolute atomic E-state index is 0.193. The average Bonchev–Trinajstić information content (AvgIpc) is 2.48. The van der Waals surface area contributed by atoms with Crippen LogP contribution in [0.25, 0.3) is 0 Å². The zero-order valence-corrected chi connectivity index (χ0v) is 11.9. The van der Waals surface area contributed by atoms with E-state index in [4.69, 9.17) is 4.74 Å². The molecule has 0 saturated heterocycles. The van der Waals surface area contributed by atoms with Gasteiger partial charge in [0.15, 0.2) is 0 Å². The number of hydrogen-bond acceptors (Lipinski definition) is 4. The van der Waals surface area contributed by atoms with Crippen molar-refractivity contribution in [2.24, 2.45) is 0 Å². The first-order valence-corrected chi connectivity index (χ1v) is 6.83. The Hall–Kier alpha value is -2.15. The fourth-order valence-electron chi connectivity index (χ4n) is 1.63. The Morgan fingerprint density at radius 2 is 2.05 bits per heavy atom. The Balaban J connectivity index is 2.16. The van der Waals surface area contributed by atoms with Crippen molar-refractivity contribution in [1.29, 1.82) is 0 Å². The Bertz CT molecular complexity index is 621. The number of benzene rings is 1. The Labute approximate surface area is 124 Å². The lowest BCUT2D eigenvalue weighted by Crippen LogP contribution is -2.13. The van der Waals surface area contributed by atoms with E-state index in [1.54, 1.807) is 24.3 Å². The number of halogens is 2. The number of nitrogens with one attached hydrogen (secondary N) is 1. The van der Waals surface area contributed by atoms with Gasteiger partial charge in [0.05, 0.1) is 24.6 Å². The lowest BCUT2D eigenvalue weighted by Gasteiger charge is -2.09. The predicted molar refractivity (Wildman–Crippen MR) is 77.0 cm³/mol. The molecule has 21 heavy (non-hydrogen) atoms. The molecule has 0 aliphatic carbocycles. The van der Waals surface area contributed by atoms with E-state index in [2.05, 4.69) is 10.3 Å². The normalized spacial score (nSPS) is 10.5. The van der Waals surface area contributed by atoms with Gasteiger partial charge >= 0.3 is 0 Å². The molecular weight excluding hydrogens is 298 g/mol. The molecule has 0 atom stereocenters. The van der Waals surface area contributed by atoms with E-state index in [0.29, 0.717) is 23.3 Å². The van der Waals surface area contributed by atoms with Crippen LogP contribution < -0.4 is 10.1 Å². The van der Waals surface area contributed by atoms with Crippen LogP contribution >= 0.6 is 11.8 Å². The number of aromatic nitrogens is 1. The van der Waals surface area contributed by atoms with E-state index in [1.165, 1.54) is 25.4 Å². The molecule has 1 aromatic heterocycles. The molecular formula is C14H12F2N2O2S. The van der Waals surface area contributed by atoms with E-state index >= 15 is 0 Å². The summed E-state index contributed by atoms with van der Waals surface area (Å²) in [5, 5.41) is 2.61. The molecule has 0 aliphatic rings. The topological polar surface area (TPSA) is 51.2 Å². The molecule has 4 nitrogen and oxygen atoms in total. The van der Waals surface area contributed by atoms with Crippen LogP contribution in [0, 0.1) is 0 Å². The van der Waals surface area contributed by atoms with E-state index in [0.717, 1.165) is 0 Å². The van der Waals surface area contributed by atoms with Crippen LogP contribution in [0.4, 0.5) is 14.5 Å². The number of rotatable bonds is 5. The van der Waals surface area contributed by atoms with Gasteiger partial charge in [0.2, 0.25) is 5.88 Å². The van der Waals surface area contributed by atoms with Crippen molar-refractivity contribution in [3.63, 3.8) is 0 Å². The maximum absolute atomic E-state index is 12.5. The third-order valence-corrected chi connectivity index (χ3v) is 3.34. The van der Waals surface area contributed by atoms with Crippen molar-refractivity contribution < 1.29 is 18.3 Å². The third-order valence-electron chi connectivity index (χ3n) is 2.55. The van der Waals surface area contributed by atoms with Crippen LogP contribution in [0.2, 0.25) is 0 Å². The monoisotopic (exact) mass is 310 g/mol. The predicted octanol–water partition coefficient (Wildman–Crippen LogP) is 3.66. The summed E-state index contributed by atoms with van der Waals surface area (Å²) in [6.45, 7) is 0. The lowest BCUT2D eigenvalue weighted by atomic mass is 10.2. The van der Waals surface area contributed by atoms with E-state index in [1.807, 2.05) is 0 Å². The van der Waals surface area contributed by atoms with Crippen LogP contribution in [0.15, 0.2) is 47.5 Å². The highest BCUT2D eigenvalue weighted by Crippen LogP contribution is 2.28. The number of nitrogens with zero attached hydrogens (tertiary/aromatic N) is 1. The lowest BCUT2D eigenvalue weighted by molar-refractivity contribution is 0.102. The van der Waals surface area contributed by atoms with Crippen LogP contribution in [0.3, 0.4) is 0 Å². The molecule has 1 amide bonds. The van der Waals surface area contributed by atoms with Crippen LogP contribution in [-0.2, 0) is 0 Å². The molecule has 7 heteroatoms. The zero-order valence-electron chi connectivity index (χ0n) is 11.0. The summed E-state index contributed by atoms with van der Waals surface area (Å²) in [6.07, 6.45) is 1.43. The fourth-order valence-corrected chi connectivity index (χ4v) is 2.26. The second-order valence-corrected chi connectivity index (χ2v) is 4.95. The van der Waals surface area contributed by atoms with Crippen molar-refractivity contribution in [2.75, 3.05) is 12.4 Å².